The van der Waals surface area contributed by atoms with Crippen LogP contribution < -0.4 is 5.32 Å². The van der Waals surface area contributed by atoms with E-state index in [0.29, 0.717) is 10.0 Å². The summed E-state index contributed by atoms with van der Waals surface area (Å²) in [6.45, 7) is 3.50. The van der Waals surface area contributed by atoms with E-state index in [2.05, 4.69) is 27.8 Å². The molecule has 0 aliphatic carbocycles. The highest BCUT2D eigenvalue weighted by Crippen LogP contribution is 2.48. The molecule has 0 unspecified atom stereocenters. The molecule has 4 rings (SSSR count). The van der Waals surface area contributed by atoms with Gasteiger partial charge in [0.2, 0.25) is 5.91 Å². The second-order valence-electron chi connectivity index (χ2n) is 7.23. The van der Waals surface area contributed by atoms with Crippen LogP contribution in [0, 0.1) is 0 Å². The average Bonchev–Trinajstić information content (AvgIpc) is 3.19. The maximum absolute atomic E-state index is 12.8. The number of benzene rings is 1. The van der Waals surface area contributed by atoms with Gasteiger partial charge < -0.3 is 5.32 Å². The third-order valence-corrected chi connectivity index (χ3v) is 6.68. The molecule has 1 saturated heterocycles. The lowest BCUT2D eigenvalue weighted by Gasteiger charge is -2.37. The van der Waals surface area contributed by atoms with E-state index in [9.17, 15) is 4.79 Å². The van der Waals surface area contributed by atoms with Gasteiger partial charge in [0.05, 0.1) is 22.3 Å². The number of rotatable bonds is 5. The van der Waals surface area contributed by atoms with E-state index in [1.807, 2.05) is 28.7 Å². The minimum atomic E-state index is -0.511. The number of piperidine rings is 1. The molecule has 1 aromatic carbocycles. The van der Waals surface area contributed by atoms with E-state index in [0.717, 1.165) is 56.0 Å². The number of fused-ring (bicyclic) bond motifs is 2. The maximum Gasteiger partial charge on any atom is 0.235 e. The number of amides is 1. The van der Waals surface area contributed by atoms with Crippen molar-refractivity contribution < 1.29 is 4.79 Å². The van der Waals surface area contributed by atoms with Gasteiger partial charge in [0, 0.05) is 35.6 Å². The minimum Gasteiger partial charge on any atom is -0.324 e. The number of nitrogens with zero attached hydrogens (tertiary/aromatic N) is 3. The molecule has 0 bridgehead atoms. The molecule has 1 amide bonds. The van der Waals surface area contributed by atoms with Gasteiger partial charge in [0.15, 0.2) is 0 Å². The summed E-state index contributed by atoms with van der Waals surface area (Å²) >= 11 is 14.3. The number of hydrogen-bond donors (Lipinski definition) is 1. The van der Waals surface area contributed by atoms with E-state index in [1.54, 1.807) is 6.07 Å². The third kappa shape index (κ3) is 3.60. The van der Waals surface area contributed by atoms with Crippen LogP contribution in [-0.2, 0) is 23.3 Å². The molecule has 1 N–H and O–H groups in total. The van der Waals surface area contributed by atoms with Gasteiger partial charge in [0.25, 0.3) is 0 Å². The molecule has 3 heterocycles. The number of hydrogen-bond acceptors (Lipinski definition) is 4. The zero-order chi connectivity index (χ0) is 19.0. The largest absolute Gasteiger partial charge is 0.324 e. The Kier molecular flexibility index (Phi) is 5.43. The van der Waals surface area contributed by atoms with E-state index in [4.69, 9.17) is 23.2 Å². The molecule has 27 heavy (non-hydrogen) atoms. The van der Waals surface area contributed by atoms with E-state index in [-0.39, 0.29) is 5.91 Å². The number of thioether (sulfide) groups is 1. The standard InChI is InChI=1S/C19H22Cl2N4OS/c1-27-7-6-25-12-13(10-22-25)11-24-4-2-19(3-5-24)15-8-14(20)9-16(21)17(15)23-18(19)26/h8-10,12H,2-7,11H2,1H3,(H,23,26). The summed E-state index contributed by atoms with van der Waals surface area (Å²) in [6, 6.07) is 3.58. The first-order valence-corrected chi connectivity index (χ1v) is 11.2. The van der Waals surface area contributed by atoms with Gasteiger partial charge in [0.1, 0.15) is 0 Å². The summed E-state index contributed by atoms with van der Waals surface area (Å²) < 4.78 is 2.00. The quantitative estimate of drug-likeness (QED) is 0.786. The first-order chi connectivity index (χ1) is 13.0. The minimum absolute atomic E-state index is 0.0474. The first kappa shape index (κ1) is 19.1. The smallest absolute Gasteiger partial charge is 0.235 e. The zero-order valence-electron chi connectivity index (χ0n) is 15.2. The maximum atomic E-state index is 12.8. The van der Waals surface area contributed by atoms with Gasteiger partial charge in [-0.3, -0.25) is 14.4 Å². The first-order valence-electron chi connectivity index (χ1n) is 9.05. The van der Waals surface area contributed by atoms with Crippen LogP contribution in [0.25, 0.3) is 0 Å². The number of aryl methyl sites for hydroxylation is 1. The molecule has 2 aliphatic heterocycles. The zero-order valence-corrected chi connectivity index (χ0v) is 17.5. The van der Waals surface area contributed by atoms with Crippen LogP contribution >= 0.6 is 35.0 Å². The van der Waals surface area contributed by atoms with Gasteiger partial charge in [-0.25, -0.2) is 0 Å². The van der Waals surface area contributed by atoms with Gasteiger partial charge in [-0.15, -0.1) is 0 Å². The van der Waals surface area contributed by atoms with Gasteiger partial charge >= 0.3 is 0 Å². The van der Waals surface area contributed by atoms with Crippen molar-refractivity contribution in [2.45, 2.75) is 31.3 Å². The van der Waals surface area contributed by atoms with E-state index < -0.39 is 5.41 Å². The van der Waals surface area contributed by atoms with E-state index >= 15 is 0 Å². The summed E-state index contributed by atoms with van der Waals surface area (Å²) in [5, 5.41) is 8.51. The molecule has 2 aliphatic rings. The molecular formula is C19H22Cl2N4OS. The summed E-state index contributed by atoms with van der Waals surface area (Å²) in [5.74, 6) is 1.11. The predicted octanol–water partition coefficient (Wildman–Crippen LogP) is 4.04. The van der Waals surface area contributed by atoms with Crippen LogP contribution in [0.2, 0.25) is 10.0 Å². The number of carbonyl (C=O) groups excluding carboxylic acids is 1. The number of halogens is 2. The third-order valence-electron chi connectivity index (χ3n) is 5.57. The van der Waals surface area contributed by atoms with Crippen molar-refractivity contribution in [3.8, 4) is 0 Å². The molecule has 0 saturated carbocycles. The Balaban J connectivity index is 1.45. The fourth-order valence-electron chi connectivity index (χ4n) is 4.08. The Bertz CT molecular complexity index is 861. The average molecular weight is 425 g/mol. The van der Waals surface area contributed by atoms with Crippen molar-refractivity contribution >= 4 is 46.6 Å². The number of likely N-dealkylation sites (tertiary alicyclic amines) is 1. The van der Waals surface area contributed by atoms with Crippen LogP contribution in [0.1, 0.15) is 24.0 Å². The lowest BCUT2D eigenvalue weighted by molar-refractivity contribution is -0.122. The lowest BCUT2D eigenvalue weighted by atomic mass is 9.73. The Morgan fingerprint density at radius 3 is 2.81 bits per heavy atom. The van der Waals surface area contributed by atoms with Crippen molar-refractivity contribution in [2.75, 3.05) is 30.4 Å². The highest BCUT2D eigenvalue weighted by Gasteiger charge is 2.49. The normalized spacial score (nSPS) is 18.7. The molecule has 1 spiro atoms. The van der Waals surface area contributed by atoms with Crippen molar-refractivity contribution in [1.29, 1.82) is 0 Å². The Morgan fingerprint density at radius 2 is 2.07 bits per heavy atom. The number of aromatic nitrogens is 2. The second kappa shape index (κ2) is 7.66. The van der Waals surface area contributed by atoms with Crippen LogP contribution in [0.4, 0.5) is 5.69 Å². The summed E-state index contributed by atoms with van der Waals surface area (Å²) in [5.41, 5.74) is 2.39. The molecule has 0 radical (unpaired) electrons. The van der Waals surface area contributed by atoms with Crippen LogP contribution in [0.3, 0.4) is 0 Å². The molecule has 1 fully saturated rings. The molecule has 8 heteroatoms. The van der Waals surface area contributed by atoms with Crippen LogP contribution in [0.15, 0.2) is 24.5 Å². The molecular weight excluding hydrogens is 403 g/mol. The summed E-state index contributed by atoms with van der Waals surface area (Å²) in [6.07, 6.45) is 7.71. The lowest BCUT2D eigenvalue weighted by Crippen LogP contribution is -2.46. The van der Waals surface area contributed by atoms with Crippen LogP contribution in [-0.4, -0.2) is 45.7 Å². The fourth-order valence-corrected chi connectivity index (χ4v) is 4.99. The van der Waals surface area contributed by atoms with E-state index in [1.165, 1.54) is 5.56 Å². The van der Waals surface area contributed by atoms with Crippen molar-refractivity contribution in [3.05, 3.63) is 45.7 Å². The monoisotopic (exact) mass is 424 g/mol. The Morgan fingerprint density at radius 1 is 1.30 bits per heavy atom. The highest BCUT2D eigenvalue weighted by atomic mass is 35.5. The summed E-state index contributed by atoms with van der Waals surface area (Å²) in [4.78, 5) is 15.2. The fraction of sp³-hybridized carbons (Fsp3) is 0.474. The van der Waals surface area contributed by atoms with Gasteiger partial charge in [-0.05, 0) is 49.9 Å². The summed E-state index contributed by atoms with van der Waals surface area (Å²) in [7, 11) is 0. The number of carbonyl (C=O) groups is 1. The molecule has 144 valence electrons. The molecule has 1 aromatic heterocycles. The highest BCUT2D eigenvalue weighted by molar-refractivity contribution is 7.98. The van der Waals surface area contributed by atoms with Gasteiger partial charge in [-0.2, -0.15) is 16.9 Å². The predicted molar refractivity (Wildman–Crippen MR) is 112 cm³/mol. The number of anilines is 1. The Hall–Kier alpha value is -1.21. The SMILES string of the molecule is CSCCn1cc(CN2CCC3(CC2)C(=O)Nc2c(Cl)cc(Cl)cc23)cn1. The number of nitrogens with one attached hydrogen (secondary N) is 1. The Labute approximate surface area is 173 Å². The second-order valence-corrected chi connectivity index (χ2v) is 9.06. The molecule has 5 nitrogen and oxygen atoms in total. The van der Waals surface area contributed by atoms with Crippen molar-refractivity contribution in [2.24, 2.45) is 0 Å². The topological polar surface area (TPSA) is 50.2 Å². The molecule has 0 atom stereocenters. The molecule has 2 aromatic rings. The van der Waals surface area contributed by atoms with Crippen molar-refractivity contribution in [3.63, 3.8) is 0 Å². The van der Waals surface area contributed by atoms with Crippen molar-refractivity contribution in [1.82, 2.24) is 14.7 Å². The van der Waals surface area contributed by atoms with Crippen LogP contribution in [0.5, 0.6) is 0 Å². The van der Waals surface area contributed by atoms with Gasteiger partial charge in [-0.1, -0.05) is 23.2 Å².